The van der Waals surface area contributed by atoms with Crippen LogP contribution in [0.15, 0.2) is 67.1 Å². The van der Waals surface area contributed by atoms with E-state index in [4.69, 9.17) is 0 Å². The molecule has 0 aliphatic carbocycles. The quantitative estimate of drug-likeness (QED) is 0.789. The Labute approximate surface area is 118 Å². The molecule has 0 saturated carbocycles. The number of aromatic nitrogens is 2. The largest absolute Gasteiger partial charge is 0.382 e. The number of rotatable bonds is 3. The molecular formula is C17H16N2O. The zero-order valence-electron chi connectivity index (χ0n) is 11.3. The van der Waals surface area contributed by atoms with Gasteiger partial charge in [-0.15, -0.1) is 0 Å². The standard InChI is InChI=1S/C17H16N2O/c1-19-11-16(18-12-19)17(20)15-9-7-14(8-10-15)13-5-3-2-4-6-13/h2-12,17,20H,1H3. The zero-order valence-corrected chi connectivity index (χ0v) is 11.3. The Hall–Kier alpha value is -2.39. The lowest BCUT2D eigenvalue weighted by Gasteiger charge is -2.09. The molecule has 3 nitrogen and oxygen atoms in total. The topological polar surface area (TPSA) is 38.0 Å². The van der Waals surface area contributed by atoms with Crippen molar-refractivity contribution in [2.75, 3.05) is 0 Å². The minimum absolute atomic E-state index is 0.667. The van der Waals surface area contributed by atoms with Crippen molar-refractivity contribution in [2.24, 2.45) is 7.05 Å². The Morgan fingerprint density at radius 2 is 1.60 bits per heavy atom. The van der Waals surface area contributed by atoms with Crippen LogP contribution >= 0.6 is 0 Å². The highest BCUT2D eigenvalue weighted by atomic mass is 16.3. The first-order valence-electron chi connectivity index (χ1n) is 6.55. The summed E-state index contributed by atoms with van der Waals surface area (Å²) < 4.78 is 1.83. The number of aliphatic hydroxyl groups is 1. The average Bonchev–Trinajstić information content (AvgIpc) is 2.94. The molecule has 0 bridgehead atoms. The Kier molecular flexibility index (Phi) is 3.35. The minimum Gasteiger partial charge on any atom is -0.382 e. The summed E-state index contributed by atoms with van der Waals surface area (Å²) in [6.07, 6.45) is 2.84. The molecule has 3 heteroatoms. The van der Waals surface area contributed by atoms with Gasteiger partial charge >= 0.3 is 0 Å². The van der Waals surface area contributed by atoms with Gasteiger partial charge in [-0.25, -0.2) is 4.98 Å². The molecule has 1 aromatic heterocycles. The zero-order chi connectivity index (χ0) is 13.9. The first kappa shape index (κ1) is 12.6. The van der Waals surface area contributed by atoms with Gasteiger partial charge in [-0.1, -0.05) is 54.6 Å². The molecule has 0 fully saturated rings. The summed E-state index contributed by atoms with van der Waals surface area (Å²) in [7, 11) is 1.89. The Balaban J connectivity index is 1.86. The molecule has 3 aromatic rings. The summed E-state index contributed by atoms with van der Waals surface area (Å²) in [6, 6.07) is 18.1. The fourth-order valence-corrected chi connectivity index (χ4v) is 2.23. The average molecular weight is 264 g/mol. The fraction of sp³-hybridized carbons (Fsp3) is 0.118. The monoisotopic (exact) mass is 264 g/mol. The summed E-state index contributed by atoms with van der Waals surface area (Å²) in [4.78, 5) is 4.19. The number of aryl methyl sites for hydroxylation is 1. The predicted octanol–water partition coefficient (Wildman–Crippen LogP) is 3.17. The van der Waals surface area contributed by atoms with Crippen LogP contribution in [0.4, 0.5) is 0 Å². The molecule has 0 spiro atoms. The summed E-state index contributed by atoms with van der Waals surface area (Å²) in [5.74, 6) is 0. The van der Waals surface area contributed by atoms with Crippen molar-refractivity contribution in [1.82, 2.24) is 9.55 Å². The number of imidazole rings is 1. The molecule has 1 unspecified atom stereocenters. The van der Waals surface area contributed by atoms with Gasteiger partial charge in [0.2, 0.25) is 0 Å². The lowest BCUT2D eigenvalue weighted by Crippen LogP contribution is -1.99. The van der Waals surface area contributed by atoms with Gasteiger partial charge in [0.25, 0.3) is 0 Å². The Morgan fingerprint density at radius 1 is 0.950 bits per heavy atom. The van der Waals surface area contributed by atoms with E-state index in [1.807, 2.05) is 60.3 Å². The van der Waals surface area contributed by atoms with Crippen molar-refractivity contribution in [3.05, 3.63) is 78.4 Å². The molecule has 3 rings (SSSR count). The summed E-state index contributed by atoms with van der Waals surface area (Å²) in [5, 5.41) is 10.3. The van der Waals surface area contributed by atoms with E-state index in [1.54, 1.807) is 6.33 Å². The molecule has 2 aromatic carbocycles. The highest BCUT2D eigenvalue weighted by Crippen LogP contribution is 2.24. The SMILES string of the molecule is Cn1cnc(C(O)c2ccc(-c3ccccc3)cc2)c1. The van der Waals surface area contributed by atoms with E-state index in [1.165, 1.54) is 5.56 Å². The van der Waals surface area contributed by atoms with E-state index < -0.39 is 6.10 Å². The van der Waals surface area contributed by atoms with Crippen molar-refractivity contribution in [3.8, 4) is 11.1 Å². The first-order valence-corrected chi connectivity index (χ1v) is 6.55. The second-order valence-electron chi connectivity index (χ2n) is 4.85. The van der Waals surface area contributed by atoms with E-state index in [-0.39, 0.29) is 0 Å². The summed E-state index contributed by atoms with van der Waals surface area (Å²) in [6.45, 7) is 0. The lowest BCUT2D eigenvalue weighted by atomic mass is 10.0. The van der Waals surface area contributed by atoms with Crippen LogP contribution in [0.25, 0.3) is 11.1 Å². The number of hydrogen-bond donors (Lipinski definition) is 1. The number of aliphatic hydroxyl groups excluding tert-OH is 1. The Morgan fingerprint density at radius 3 is 2.20 bits per heavy atom. The molecule has 0 aliphatic rings. The van der Waals surface area contributed by atoms with Gasteiger partial charge in [-0.3, -0.25) is 0 Å². The van der Waals surface area contributed by atoms with Gasteiger partial charge in [-0.05, 0) is 16.7 Å². The third-order valence-corrected chi connectivity index (χ3v) is 3.34. The van der Waals surface area contributed by atoms with E-state index >= 15 is 0 Å². The van der Waals surface area contributed by atoms with Crippen LogP contribution in [0.2, 0.25) is 0 Å². The van der Waals surface area contributed by atoms with Crippen LogP contribution < -0.4 is 0 Å². The van der Waals surface area contributed by atoms with Crippen LogP contribution in [-0.2, 0) is 7.05 Å². The highest BCUT2D eigenvalue weighted by molar-refractivity contribution is 5.63. The van der Waals surface area contributed by atoms with Gasteiger partial charge in [0, 0.05) is 13.2 Å². The fourth-order valence-electron chi connectivity index (χ4n) is 2.23. The van der Waals surface area contributed by atoms with Crippen molar-refractivity contribution in [1.29, 1.82) is 0 Å². The first-order chi connectivity index (χ1) is 9.74. The molecule has 0 amide bonds. The molecule has 0 saturated heterocycles. The maximum Gasteiger partial charge on any atom is 0.122 e. The highest BCUT2D eigenvalue weighted by Gasteiger charge is 2.12. The molecule has 0 aliphatic heterocycles. The van der Waals surface area contributed by atoms with Crippen molar-refractivity contribution < 1.29 is 5.11 Å². The smallest absolute Gasteiger partial charge is 0.122 e. The van der Waals surface area contributed by atoms with Crippen molar-refractivity contribution in [3.63, 3.8) is 0 Å². The minimum atomic E-state index is -0.680. The van der Waals surface area contributed by atoms with E-state index in [9.17, 15) is 5.11 Å². The van der Waals surface area contributed by atoms with Crippen LogP contribution in [0.1, 0.15) is 17.4 Å². The van der Waals surface area contributed by atoms with Gasteiger partial charge in [0.05, 0.1) is 12.0 Å². The predicted molar refractivity (Wildman–Crippen MR) is 79.1 cm³/mol. The van der Waals surface area contributed by atoms with E-state index in [2.05, 4.69) is 17.1 Å². The van der Waals surface area contributed by atoms with Gasteiger partial charge < -0.3 is 9.67 Å². The maximum absolute atomic E-state index is 10.3. The summed E-state index contributed by atoms with van der Waals surface area (Å²) in [5.41, 5.74) is 3.83. The lowest BCUT2D eigenvalue weighted by molar-refractivity contribution is 0.216. The van der Waals surface area contributed by atoms with Crippen LogP contribution in [0.5, 0.6) is 0 Å². The van der Waals surface area contributed by atoms with Crippen molar-refractivity contribution >= 4 is 0 Å². The van der Waals surface area contributed by atoms with E-state index in [0.29, 0.717) is 5.69 Å². The molecular weight excluding hydrogens is 248 g/mol. The molecule has 1 atom stereocenters. The van der Waals surface area contributed by atoms with E-state index in [0.717, 1.165) is 11.1 Å². The second-order valence-corrected chi connectivity index (χ2v) is 4.85. The maximum atomic E-state index is 10.3. The summed E-state index contributed by atoms with van der Waals surface area (Å²) >= 11 is 0. The second kappa shape index (κ2) is 5.31. The third kappa shape index (κ3) is 2.49. The van der Waals surface area contributed by atoms with Gasteiger partial charge in [0.15, 0.2) is 0 Å². The van der Waals surface area contributed by atoms with Gasteiger partial charge in [0.1, 0.15) is 6.10 Å². The molecule has 20 heavy (non-hydrogen) atoms. The molecule has 1 heterocycles. The van der Waals surface area contributed by atoms with Crippen LogP contribution in [-0.4, -0.2) is 14.7 Å². The number of nitrogens with zero attached hydrogens (tertiary/aromatic N) is 2. The van der Waals surface area contributed by atoms with Crippen molar-refractivity contribution in [2.45, 2.75) is 6.10 Å². The number of benzene rings is 2. The van der Waals surface area contributed by atoms with Crippen LogP contribution in [0.3, 0.4) is 0 Å². The van der Waals surface area contributed by atoms with Crippen LogP contribution in [0, 0.1) is 0 Å². The number of hydrogen-bond acceptors (Lipinski definition) is 2. The van der Waals surface area contributed by atoms with Gasteiger partial charge in [-0.2, -0.15) is 0 Å². The molecule has 1 N–H and O–H groups in total. The third-order valence-electron chi connectivity index (χ3n) is 3.34. The molecule has 0 radical (unpaired) electrons. The Bertz CT molecular complexity index is 687. The molecule has 100 valence electrons. The normalized spacial score (nSPS) is 12.3.